The van der Waals surface area contributed by atoms with Gasteiger partial charge in [0.15, 0.2) is 5.17 Å². The quantitative estimate of drug-likeness (QED) is 0.528. The second-order valence-electron chi connectivity index (χ2n) is 6.09. The number of fused-ring (bicyclic) bond motifs is 1. The molecule has 4 rings (SSSR count). The number of nitrogens with one attached hydrogen (secondary N) is 2. The van der Waals surface area contributed by atoms with E-state index in [1.807, 2.05) is 54.7 Å². The number of carbonyl (C=O) groups is 1. The van der Waals surface area contributed by atoms with Crippen LogP contribution in [0.15, 0.2) is 64.9 Å². The highest BCUT2D eigenvalue weighted by molar-refractivity contribution is 8.15. The Kier molecular flexibility index (Phi) is 4.93. The van der Waals surface area contributed by atoms with Crippen LogP contribution in [0.2, 0.25) is 0 Å². The molecule has 6 nitrogen and oxygen atoms in total. The molecule has 0 bridgehead atoms. The molecule has 1 aromatic heterocycles. The fraction of sp³-hybridized carbons (Fsp3) is 0.150. The second-order valence-corrected chi connectivity index (χ2v) is 7.28. The third-order valence-corrected chi connectivity index (χ3v) is 5.40. The number of amidine groups is 1. The number of para-hydroxylation sites is 1. The van der Waals surface area contributed by atoms with E-state index in [-0.39, 0.29) is 11.2 Å². The third-order valence-electron chi connectivity index (χ3n) is 4.32. The van der Waals surface area contributed by atoms with Crippen molar-refractivity contribution < 1.29 is 9.53 Å². The number of nitrogens with zero attached hydrogens (tertiary/aromatic N) is 2. The molecule has 1 amide bonds. The highest BCUT2D eigenvalue weighted by atomic mass is 32.2. The van der Waals surface area contributed by atoms with Gasteiger partial charge in [0, 0.05) is 22.7 Å². The van der Waals surface area contributed by atoms with Gasteiger partial charge in [-0.25, -0.2) is 0 Å². The molecular formula is C20H18N4O2S. The number of aromatic nitrogens is 1. The van der Waals surface area contributed by atoms with Crippen molar-refractivity contribution >= 4 is 40.0 Å². The van der Waals surface area contributed by atoms with Gasteiger partial charge in [0.2, 0.25) is 5.91 Å². The summed E-state index contributed by atoms with van der Waals surface area (Å²) >= 11 is 1.40. The number of aromatic amines is 1. The molecule has 3 aromatic rings. The number of benzene rings is 2. The Labute approximate surface area is 160 Å². The van der Waals surface area contributed by atoms with Crippen molar-refractivity contribution in [3.8, 4) is 5.75 Å². The number of ether oxygens (including phenoxy) is 1. The van der Waals surface area contributed by atoms with Gasteiger partial charge in [0.25, 0.3) is 0 Å². The fourth-order valence-corrected chi connectivity index (χ4v) is 3.87. The van der Waals surface area contributed by atoms with Gasteiger partial charge in [0.05, 0.1) is 18.6 Å². The average Bonchev–Trinajstić information content (AvgIpc) is 3.26. The number of carbonyl (C=O) groups excluding carboxylic acids is 1. The molecule has 2 aromatic carbocycles. The first kappa shape index (κ1) is 17.4. The van der Waals surface area contributed by atoms with Crippen LogP contribution in [0.25, 0.3) is 10.9 Å². The zero-order chi connectivity index (χ0) is 18.6. The lowest BCUT2D eigenvalue weighted by atomic mass is 10.1. The molecule has 0 radical (unpaired) electrons. The molecule has 7 heteroatoms. The zero-order valence-electron chi connectivity index (χ0n) is 14.7. The smallest absolute Gasteiger partial charge is 0.239 e. The number of amides is 1. The molecule has 136 valence electrons. The Balaban J connectivity index is 1.42. The van der Waals surface area contributed by atoms with Crippen LogP contribution in [0.4, 0.5) is 0 Å². The minimum Gasteiger partial charge on any atom is -0.497 e. The fourth-order valence-electron chi connectivity index (χ4n) is 2.91. The van der Waals surface area contributed by atoms with E-state index in [2.05, 4.69) is 20.5 Å². The van der Waals surface area contributed by atoms with E-state index in [9.17, 15) is 4.79 Å². The summed E-state index contributed by atoms with van der Waals surface area (Å²) in [5.41, 5.74) is 3.08. The van der Waals surface area contributed by atoms with E-state index in [4.69, 9.17) is 4.74 Å². The Hall–Kier alpha value is -3.06. The first-order chi connectivity index (χ1) is 13.2. The zero-order valence-corrected chi connectivity index (χ0v) is 15.5. The molecule has 2 heterocycles. The monoisotopic (exact) mass is 378 g/mol. The molecule has 0 spiro atoms. The van der Waals surface area contributed by atoms with Crippen LogP contribution in [0, 0.1) is 0 Å². The summed E-state index contributed by atoms with van der Waals surface area (Å²) < 4.78 is 5.16. The lowest BCUT2D eigenvalue weighted by Gasteiger charge is -2.06. The number of hydrogen-bond donors (Lipinski definition) is 2. The lowest BCUT2D eigenvalue weighted by Crippen LogP contribution is -2.25. The summed E-state index contributed by atoms with van der Waals surface area (Å²) in [5, 5.41) is 12.5. The van der Waals surface area contributed by atoms with E-state index in [0.717, 1.165) is 27.8 Å². The van der Waals surface area contributed by atoms with Gasteiger partial charge in [-0.05, 0) is 30.2 Å². The molecule has 1 unspecified atom stereocenters. The summed E-state index contributed by atoms with van der Waals surface area (Å²) in [4.78, 5) is 15.4. The first-order valence-electron chi connectivity index (χ1n) is 8.50. The van der Waals surface area contributed by atoms with Gasteiger partial charge < -0.3 is 15.0 Å². The van der Waals surface area contributed by atoms with Crippen LogP contribution < -0.4 is 10.1 Å². The maximum absolute atomic E-state index is 12.2. The Bertz CT molecular complexity index is 1020. The van der Waals surface area contributed by atoms with Crippen LogP contribution in [-0.2, 0) is 11.2 Å². The van der Waals surface area contributed by atoms with Gasteiger partial charge in [-0.1, -0.05) is 42.1 Å². The summed E-state index contributed by atoms with van der Waals surface area (Å²) in [5.74, 6) is 0.757. The van der Waals surface area contributed by atoms with Crippen LogP contribution in [-0.4, -0.2) is 34.6 Å². The minimum absolute atomic E-state index is 0.0446. The van der Waals surface area contributed by atoms with E-state index >= 15 is 0 Å². The van der Waals surface area contributed by atoms with Crippen LogP contribution in [0.1, 0.15) is 11.1 Å². The maximum atomic E-state index is 12.2. The van der Waals surface area contributed by atoms with E-state index in [0.29, 0.717) is 11.6 Å². The second kappa shape index (κ2) is 7.67. The molecule has 2 N–H and O–H groups in total. The number of thioether (sulfide) groups is 1. The Morgan fingerprint density at radius 3 is 2.81 bits per heavy atom. The lowest BCUT2D eigenvalue weighted by molar-refractivity contribution is -0.118. The number of H-pyrrole nitrogens is 1. The molecule has 0 saturated carbocycles. The van der Waals surface area contributed by atoms with Gasteiger partial charge >= 0.3 is 0 Å². The Morgan fingerprint density at radius 2 is 2.00 bits per heavy atom. The summed E-state index contributed by atoms with van der Waals surface area (Å²) in [6.45, 7) is 0. The van der Waals surface area contributed by atoms with Gasteiger partial charge in [-0.3, -0.25) is 4.79 Å². The number of rotatable bonds is 5. The van der Waals surface area contributed by atoms with Crippen LogP contribution in [0.3, 0.4) is 0 Å². The van der Waals surface area contributed by atoms with Gasteiger partial charge in [0.1, 0.15) is 5.75 Å². The molecule has 1 aliphatic heterocycles. The average molecular weight is 378 g/mol. The van der Waals surface area contributed by atoms with Crippen molar-refractivity contribution in [2.24, 2.45) is 10.2 Å². The van der Waals surface area contributed by atoms with Crippen molar-refractivity contribution in [2.75, 3.05) is 7.11 Å². The highest BCUT2D eigenvalue weighted by Crippen LogP contribution is 2.24. The normalized spacial score (nSPS) is 18.5. The number of methoxy groups -OCH3 is 1. The molecule has 0 aliphatic carbocycles. The number of hydrogen-bond acceptors (Lipinski definition) is 5. The summed E-state index contributed by atoms with van der Waals surface area (Å²) in [6, 6.07) is 15.7. The first-order valence-corrected chi connectivity index (χ1v) is 9.38. The predicted octanol–water partition coefficient (Wildman–Crippen LogP) is 3.34. The van der Waals surface area contributed by atoms with Gasteiger partial charge in [-0.15, -0.1) is 5.10 Å². The standard InChI is InChI=1S/C20H18N4O2S/c1-26-15-8-6-13(7-9-15)10-18-19(25)23-20(27-18)24-22-12-14-11-21-17-5-3-2-4-16(14)17/h2-9,11-12,18,21H,10H2,1H3,(H,23,24,25)/b22-12+. The molecule has 27 heavy (non-hydrogen) atoms. The molecule has 1 fully saturated rings. The van der Waals surface area contributed by atoms with Crippen LogP contribution >= 0.6 is 11.8 Å². The van der Waals surface area contributed by atoms with Crippen molar-refractivity contribution in [1.29, 1.82) is 0 Å². The van der Waals surface area contributed by atoms with Crippen molar-refractivity contribution in [3.63, 3.8) is 0 Å². The minimum atomic E-state index is -0.208. The highest BCUT2D eigenvalue weighted by Gasteiger charge is 2.30. The molecule has 1 aliphatic rings. The summed E-state index contributed by atoms with van der Waals surface area (Å²) in [6.07, 6.45) is 4.21. The van der Waals surface area contributed by atoms with E-state index in [1.165, 1.54) is 11.8 Å². The third kappa shape index (κ3) is 3.88. The van der Waals surface area contributed by atoms with Crippen molar-refractivity contribution in [3.05, 3.63) is 65.9 Å². The summed E-state index contributed by atoms with van der Waals surface area (Å²) in [7, 11) is 1.63. The molecule has 1 atom stereocenters. The van der Waals surface area contributed by atoms with Gasteiger partial charge in [-0.2, -0.15) is 5.10 Å². The van der Waals surface area contributed by atoms with Crippen molar-refractivity contribution in [2.45, 2.75) is 11.7 Å². The SMILES string of the molecule is COc1ccc(CC2S/C(=N/N=C/c3c[nH]c4ccccc34)NC2=O)cc1. The van der Waals surface area contributed by atoms with Crippen LogP contribution in [0.5, 0.6) is 5.75 Å². The van der Waals surface area contributed by atoms with E-state index < -0.39 is 0 Å². The largest absolute Gasteiger partial charge is 0.497 e. The Morgan fingerprint density at radius 1 is 1.19 bits per heavy atom. The van der Waals surface area contributed by atoms with Crippen molar-refractivity contribution in [1.82, 2.24) is 10.3 Å². The predicted molar refractivity (Wildman–Crippen MR) is 110 cm³/mol. The molecule has 1 saturated heterocycles. The maximum Gasteiger partial charge on any atom is 0.239 e. The van der Waals surface area contributed by atoms with E-state index in [1.54, 1.807) is 13.3 Å². The molecular weight excluding hydrogens is 360 g/mol. The topological polar surface area (TPSA) is 78.8 Å².